The van der Waals surface area contributed by atoms with Gasteiger partial charge in [-0.3, -0.25) is 4.79 Å². The number of Topliss-reactive ketones (excluding diaryl/α,β-unsaturated/α-hetero) is 1. The lowest BCUT2D eigenvalue weighted by Gasteiger charge is -2.08. The van der Waals surface area contributed by atoms with Crippen molar-refractivity contribution in [3.05, 3.63) is 34.1 Å². The normalized spacial score (nSPS) is 20.5. The van der Waals surface area contributed by atoms with Gasteiger partial charge in [0.1, 0.15) is 5.82 Å². The molecule has 15 heavy (non-hydrogen) atoms. The van der Waals surface area contributed by atoms with E-state index in [9.17, 15) is 9.18 Å². The first-order valence-electron chi connectivity index (χ1n) is 4.76. The maximum atomic E-state index is 13.6. The molecule has 1 fully saturated rings. The molecule has 0 bridgehead atoms. The number of hydrogen-bond donors (Lipinski definition) is 0. The van der Waals surface area contributed by atoms with E-state index >= 15 is 0 Å². The lowest BCUT2D eigenvalue weighted by molar-refractivity contribution is 0.0896. The topological polar surface area (TPSA) is 26.3 Å². The van der Waals surface area contributed by atoms with Crippen LogP contribution < -0.4 is 0 Å². The summed E-state index contributed by atoms with van der Waals surface area (Å²) in [6.07, 6.45) is 0.685. The average Bonchev–Trinajstić information content (AvgIpc) is 2.74. The van der Waals surface area contributed by atoms with E-state index in [4.69, 9.17) is 4.74 Å². The molecular weight excluding hydrogens is 263 g/mol. The molecule has 1 unspecified atom stereocenters. The molecule has 1 atom stereocenters. The summed E-state index contributed by atoms with van der Waals surface area (Å²) < 4.78 is 19.0. The van der Waals surface area contributed by atoms with Crippen LogP contribution in [0.1, 0.15) is 16.8 Å². The SMILES string of the molecule is O=C(c1cccc(Br)c1F)C1CCOC1. The van der Waals surface area contributed by atoms with Gasteiger partial charge in [0.05, 0.1) is 16.6 Å². The summed E-state index contributed by atoms with van der Waals surface area (Å²) in [5.74, 6) is -0.825. The maximum absolute atomic E-state index is 13.6. The van der Waals surface area contributed by atoms with Gasteiger partial charge in [0.25, 0.3) is 0 Å². The van der Waals surface area contributed by atoms with Gasteiger partial charge in [-0.05, 0) is 34.5 Å². The Morgan fingerprint density at radius 2 is 2.33 bits per heavy atom. The second-order valence-corrected chi connectivity index (χ2v) is 4.38. The van der Waals surface area contributed by atoms with Crippen molar-refractivity contribution in [2.24, 2.45) is 5.92 Å². The van der Waals surface area contributed by atoms with Crippen LogP contribution in [0.5, 0.6) is 0 Å². The van der Waals surface area contributed by atoms with Crippen LogP contribution in [0.2, 0.25) is 0 Å². The molecule has 1 aromatic rings. The van der Waals surface area contributed by atoms with Crippen LogP contribution >= 0.6 is 15.9 Å². The van der Waals surface area contributed by atoms with Crippen molar-refractivity contribution in [3.63, 3.8) is 0 Å². The van der Waals surface area contributed by atoms with Crippen LogP contribution in [0.25, 0.3) is 0 Å². The number of ketones is 1. The number of halogens is 2. The summed E-state index contributed by atoms with van der Waals surface area (Å²) in [6.45, 7) is 0.997. The first-order valence-corrected chi connectivity index (χ1v) is 5.55. The van der Waals surface area contributed by atoms with Crippen LogP contribution in [0.4, 0.5) is 4.39 Å². The van der Waals surface area contributed by atoms with Crippen molar-refractivity contribution in [1.82, 2.24) is 0 Å². The highest BCUT2D eigenvalue weighted by molar-refractivity contribution is 9.10. The second kappa shape index (κ2) is 4.41. The van der Waals surface area contributed by atoms with Crippen LogP contribution in [0.3, 0.4) is 0 Å². The Kier molecular flexibility index (Phi) is 3.17. The van der Waals surface area contributed by atoms with Crippen LogP contribution in [-0.4, -0.2) is 19.0 Å². The largest absolute Gasteiger partial charge is 0.381 e. The van der Waals surface area contributed by atoms with E-state index in [2.05, 4.69) is 15.9 Å². The van der Waals surface area contributed by atoms with Gasteiger partial charge in [-0.25, -0.2) is 4.39 Å². The van der Waals surface area contributed by atoms with Crippen molar-refractivity contribution in [3.8, 4) is 0 Å². The molecule has 1 aliphatic heterocycles. The number of carbonyl (C=O) groups is 1. The average molecular weight is 273 g/mol. The molecule has 0 aliphatic carbocycles. The summed E-state index contributed by atoms with van der Waals surface area (Å²) in [4.78, 5) is 11.9. The molecular formula is C11H10BrFO2. The fourth-order valence-corrected chi connectivity index (χ4v) is 2.02. The summed E-state index contributed by atoms with van der Waals surface area (Å²) in [5, 5.41) is 0. The van der Waals surface area contributed by atoms with Gasteiger partial charge in [-0.2, -0.15) is 0 Å². The molecule has 0 amide bonds. The van der Waals surface area contributed by atoms with Crippen LogP contribution in [-0.2, 0) is 4.74 Å². The van der Waals surface area contributed by atoms with Crippen molar-refractivity contribution in [2.75, 3.05) is 13.2 Å². The number of benzene rings is 1. The van der Waals surface area contributed by atoms with E-state index in [0.717, 1.165) is 0 Å². The molecule has 0 aromatic heterocycles. The Morgan fingerprint density at radius 3 is 3.00 bits per heavy atom. The zero-order valence-corrected chi connectivity index (χ0v) is 9.59. The third-order valence-electron chi connectivity index (χ3n) is 2.52. The minimum Gasteiger partial charge on any atom is -0.381 e. The smallest absolute Gasteiger partial charge is 0.171 e. The molecule has 1 aliphatic rings. The summed E-state index contributed by atoms with van der Waals surface area (Å²) >= 11 is 3.06. The predicted octanol–water partition coefficient (Wildman–Crippen LogP) is 2.81. The van der Waals surface area contributed by atoms with Gasteiger partial charge in [0, 0.05) is 12.5 Å². The Morgan fingerprint density at radius 1 is 1.53 bits per heavy atom. The first-order chi connectivity index (χ1) is 7.20. The first kappa shape index (κ1) is 10.8. The molecule has 0 radical (unpaired) electrons. The molecule has 1 heterocycles. The fraction of sp³-hybridized carbons (Fsp3) is 0.364. The molecule has 4 heteroatoms. The van der Waals surface area contributed by atoms with E-state index in [0.29, 0.717) is 24.1 Å². The highest BCUT2D eigenvalue weighted by Gasteiger charge is 2.26. The predicted molar refractivity (Wildman–Crippen MR) is 57.4 cm³/mol. The molecule has 2 nitrogen and oxygen atoms in total. The third-order valence-corrected chi connectivity index (χ3v) is 3.13. The standard InChI is InChI=1S/C11H10BrFO2/c12-9-3-1-2-8(10(9)13)11(14)7-4-5-15-6-7/h1-3,7H,4-6H2. The molecule has 2 rings (SSSR count). The van der Waals surface area contributed by atoms with Crippen LogP contribution in [0, 0.1) is 11.7 Å². The van der Waals surface area contributed by atoms with Gasteiger partial charge >= 0.3 is 0 Å². The molecule has 0 N–H and O–H groups in total. The van der Waals surface area contributed by atoms with Gasteiger partial charge in [0.15, 0.2) is 5.78 Å². The van der Waals surface area contributed by atoms with Gasteiger partial charge in [-0.15, -0.1) is 0 Å². The molecule has 1 saturated heterocycles. The van der Waals surface area contributed by atoms with E-state index in [1.54, 1.807) is 12.1 Å². The number of ether oxygens (including phenoxy) is 1. The molecule has 1 aromatic carbocycles. The number of carbonyl (C=O) groups excluding carboxylic acids is 1. The highest BCUT2D eigenvalue weighted by atomic mass is 79.9. The van der Waals surface area contributed by atoms with Gasteiger partial charge in [0.2, 0.25) is 0 Å². The Labute approximate surface area is 95.6 Å². The van der Waals surface area contributed by atoms with Gasteiger partial charge in [-0.1, -0.05) is 6.07 Å². The quantitative estimate of drug-likeness (QED) is 0.774. The van der Waals surface area contributed by atoms with Crippen molar-refractivity contribution in [1.29, 1.82) is 0 Å². The van der Waals surface area contributed by atoms with E-state index in [-0.39, 0.29) is 17.3 Å². The molecule has 0 spiro atoms. The monoisotopic (exact) mass is 272 g/mol. The summed E-state index contributed by atoms with van der Waals surface area (Å²) in [6, 6.07) is 4.76. The maximum Gasteiger partial charge on any atom is 0.171 e. The van der Waals surface area contributed by atoms with Crippen LogP contribution in [0.15, 0.2) is 22.7 Å². The molecule has 0 saturated carbocycles. The lowest BCUT2D eigenvalue weighted by Crippen LogP contribution is -2.16. The fourth-order valence-electron chi connectivity index (χ4n) is 1.66. The lowest BCUT2D eigenvalue weighted by atomic mass is 9.97. The summed E-state index contributed by atoms with van der Waals surface area (Å²) in [7, 11) is 0. The minimum atomic E-state index is -0.477. The zero-order chi connectivity index (χ0) is 10.8. The van der Waals surface area contributed by atoms with E-state index in [1.165, 1.54) is 6.07 Å². The number of hydrogen-bond acceptors (Lipinski definition) is 2. The van der Waals surface area contributed by atoms with Crippen molar-refractivity contribution >= 4 is 21.7 Å². The van der Waals surface area contributed by atoms with Crippen molar-refractivity contribution in [2.45, 2.75) is 6.42 Å². The van der Waals surface area contributed by atoms with Crippen molar-refractivity contribution < 1.29 is 13.9 Å². The highest BCUT2D eigenvalue weighted by Crippen LogP contribution is 2.24. The van der Waals surface area contributed by atoms with E-state index < -0.39 is 5.82 Å². The molecule has 80 valence electrons. The summed E-state index contributed by atoms with van der Waals surface area (Å²) in [5.41, 5.74) is 0.153. The Hall–Kier alpha value is -0.740. The van der Waals surface area contributed by atoms with Gasteiger partial charge < -0.3 is 4.74 Å². The third kappa shape index (κ3) is 2.11. The Balaban J connectivity index is 2.28. The zero-order valence-electron chi connectivity index (χ0n) is 8.00. The van der Waals surface area contributed by atoms with E-state index in [1.807, 2.05) is 0 Å². The second-order valence-electron chi connectivity index (χ2n) is 3.53. The minimum absolute atomic E-state index is 0.153. The Bertz CT molecular complexity index is 386. The number of rotatable bonds is 2.